The second kappa shape index (κ2) is 18.6. The van der Waals surface area contributed by atoms with Crippen LogP contribution < -0.4 is 26.4 Å². The fourth-order valence-corrected chi connectivity index (χ4v) is 6.34. The molecule has 5 rings (SSSR count). The molecule has 0 aromatic heterocycles. The van der Waals surface area contributed by atoms with Crippen LogP contribution in [0.15, 0.2) is 133 Å². The van der Waals surface area contributed by atoms with E-state index in [1.54, 1.807) is 43.5 Å². The summed E-state index contributed by atoms with van der Waals surface area (Å²) in [6, 6.07) is 39.3. The predicted molar refractivity (Wildman–Crippen MR) is 205 cm³/mol. The third-order valence-corrected chi connectivity index (χ3v) is 9.22. The Morgan fingerprint density at radius 1 is 0.774 bits per heavy atom. The van der Waals surface area contributed by atoms with Gasteiger partial charge in [0, 0.05) is 17.8 Å². The van der Waals surface area contributed by atoms with Crippen molar-refractivity contribution in [1.29, 1.82) is 0 Å². The van der Waals surface area contributed by atoms with Crippen molar-refractivity contribution in [3.05, 3.63) is 171 Å². The van der Waals surface area contributed by atoms with Gasteiger partial charge in [-0.05, 0) is 84.3 Å². The number of hydrogen-bond donors (Lipinski definition) is 5. The number of nitrogens with one attached hydrogen (secondary N) is 3. The number of nitrogens with zero attached hydrogens (tertiary/aromatic N) is 1. The van der Waals surface area contributed by atoms with Gasteiger partial charge in [0.2, 0.25) is 11.8 Å². The highest BCUT2D eigenvalue weighted by atomic mass is 16.6. The lowest BCUT2D eigenvalue weighted by Crippen LogP contribution is -2.50. The molecular weight excluding hydrogens is 670 g/mol. The van der Waals surface area contributed by atoms with Crippen molar-refractivity contribution < 1.29 is 24.4 Å². The third-order valence-electron chi connectivity index (χ3n) is 9.22. The molecule has 0 saturated carbocycles. The summed E-state index contributed by atoms with van der Waals surface area (Å²) in [4.78, 5) is 37.5. The van der Waals surface area contributed by atoms with Crippen LogP contribution in [0.4, 0.5) is 11.4 Å². The molecule has 11 heteroatoms. The lowest BCUT2D eigenvalue weighted by molar-refractivity contribution is -0.384. The molecule has 0 saturated heterocycles. The molecule has 0 radical (unpaired) electrons. The Hall–Kier alpha value is -5.88. The van der Waals surface area contributed by atoms with E-state index in [-0.39, 0.29) is 18.7 Å². The smallest absolute Gasteiger partial charge is 0.269 e. The van der Waals surface area contributed by atoms with Crippen molar-refractivity contribution >= 4 is 23.2 Å². The Bertz CT molecular complexity index is 1880. The molecule has 0 aliphatic rings. The number of nitro benzene ring substituents is 1. The standard InChI is InChI=1S/C42H45N5O6/c1-53-37-25-19-34(20-26-37)42(32-10-4-2-5-11-32,33-12-6-3-7-13-33)44-27-9-8-14-39(41(50)45-35-21-15-31(29-48)16-22-35)46-40(49)38(43)28-30-17-23-36(24-18-30)47(51)52/h2-7,10-13,15-26,38-39,44,48H,8-9,14,27-29,43H2,1H3,(H,45,50)(H,46,49)/t38-,39-/m0/s1. The van der Waals surface area contributed by atoms with Gasteiger partial charge in [0.15, 0.2) is 0 Å². The van der Waals surface area contributed by atoms with Crippen molar-refractivity contribution in [2.24, 2.45) is 5.73 Å². The van der Waals surface area contributed by atoms with E-state index in [0.717, 1.165) is 22.4 Å². The summed E-state index contributed by atoms with van der Waals surface area (Å²) < 4.78 is 5.46. The summed E-state index contributed by atoms with van der Waals surface area (Å²) in [5, 5.41) is 30.0. The molecule has 0 aliphatic carbocycles. The number of hydrogen-bond acceptors (Lipinski definition) is 8. The molecule has 5 aromatic carbocycles. The van der Waals surface area contributed by atoms with E-state index in [4.69, 9.17) is 10.5 Å². The fraction of sp³-hybridized carbons (Fsp3) is 0.238. The molecular formula is C42H45N5O6. The van der Waals surface area contributed by atoms with Crippen molar-refractivity contribution in [2.45, 2.75) is 49.9 Å². The van der Waals surface area contributed by atoms with E-state index in [2.05, 4.69) is 52.3 Å². The van der Waals surface area contributed by atoms with Crippen molar-refractivity contribution in [3.8, 4) is 5.75 Å². The first-order valence-electron chi connectivity index (χ1n) is 17.5. The summed E-state index contributed by atoms with van der Waals surface area (Å²) in [7, 11) is 1.64. The Morgan fingerprint density at radius 2 is 1.34 bits per heavy atom. The molecule has 0 fully saturated rings. The second-order valence-corrected chi connectivity index (χ2v) is 12.8. The first kappa shape index (κ1) is 38.4. The number of aliphatic hydroxyl groups excluding tert-OH is 1. The van der Waals surface area contributed by atoms with Gasteiger partial charge in [0.05, 0.1) is 30.2 Å². The number of amides is 2. The van der Waals surface area contributed by atoms with Crippen molar-refractivity contribution in [2.75, 3.05) is 19.0 Å². The molecule has 274 valence electrons. The SMILES string of the molecule is COc1ccc(C(NCCCC[C@H](NC(=O)[C@@H](N)Cc2ccc([N+](=O)[O-])cc2)C(=O)Nc2ccc(CO)cc2)(c2ccccc2)c2ccccc2)cc1. The monoisotopic (exact) mass is 715 g/mol. The minimum Gasteiger partial charge on any atom is -0.497 e. The number of ether oxygens (including phenoxy) is 1. The number of anilines is 1. The summed E-state index contributed by atoms with van der Waals surface area (Å²) >= 11 is 0. The van der Waals surface area contributed by atoms with Crippen molar-refractivity contribution in [1.82, 2.24) is 10.6 Å². The Morgan fingerprint density at radius 3 is 1.89 bits per heavy atom. The number of benzene rings is 5. The topological polar surface area (TPSA) is 169 Å². The van der Waals surface area contributed by atoms with E-state index < -0.39 is 34.4 Å². The number of nitro groups is 1. The van der Waals surface area contributed by atoms with Crippen LogP contribution in [0.25, 0.3) is 0 Å². The Kier molecular flexibility index (Phi) is 13.4. The molecule has 2 atom stereocenters. The van der Waals surface area contributed by atoms with Crippen LogP contribution >= 0.6 is 0 Å². The highest BCUT2D eigenvalue weighted by molar-refractivity contribution is 5.97. The van der Waals surface area contributed by atoms with Crippen LogP contribution in [-0.4, -0.2) is 47.6 Å². The lowest BCUT2D eigenvalue weighted by Gasteiger charge is -2.37. The van der Waals surface area contributed by atoms with E-state index in [1.165, 1.54) is 12.1 Å². The first-order chi connectivity index (χ1) is 25.7. The minimum atomic E-state index is -0.987. The van der Waals surface area contributed by atoms with Gasteiger partial charge in [-0.2, -0.15) is 0 Å². The maximum Gasteiger partial charge on any atom is 0.269 e. The van der Waals surface area contributed by atoms with Gasteiger partial charge < -0.3 is 26.2 Å². The second-order valence-electron chi connectivity index (χ2n) is 12.8. The number of methoxy groups -OCH3 is 1. The first-order valence-corrected chi connectivity index (χ1v) is 17.5. The number of aliphatic hydroxyl groups is 1. The highest BCUT2D eigenvalue weighted by Gasteiger charge is 2.36. The predicted octanol–water partition coefficient (Wildman–Crippen LogP) is 5.84. The Labute approximate surface area is 309 Å². The third kappa shape index (κ3) is 9.92. The molecule has 0 heterocycles. The van der Waals surface area contributed by atoms with Crippen LogP contribution in [0.1, 0.15) is 47.1 Å². The molecule has 0 unspecified atom stereocenters. The molecule has 53 heavy (non-hydrogen) atoms. The zero-order valence-electron chi connectivity index (χ0n) is 29.6. The summed E-state index contributed by atoms with van der Waals surface area (Å²) in [6.45, 7) is 0.461. The molecule has 6 N–H and O–H groups in total. The molecule has 2 amide bonds. The molecule has 0 spiro atoms. The largest absolute Gasteiger partial charge is 0.497 e. The van der Waals surface area contributed by atoms with Gasteiger partial charge in [-0.25, -0.2) is 0 Å². The zero-order valence-corrected chi connectivity index (χ0v) is 29.6. The molecule has 0 bridgehead atoms. The number of carbonyl (C=O) groups excluding carboxylic acids is 2. The quantitative estimate of drug-likeness (QED) is 0.0326. The zero-order chi connectivity index (χ0) is 37.6. The van der Waals surface area contributed by atoms with Crippen LogP contribution in [0.2, 0.25) is 0 Å². The normalized spacial score (nSPS) is 12.4. The van der Waals surface area contributed by atoms with E-state index in [1.807, 2.05) is 48.5 Å². The van der Waals surface area contributed by atoms with E-state index in [0.29, 0.717) is 42.6 Å². The number of nitrogens with two attached hydrogens (primary N) is 1. The average Bonchev–Trinajstić information content (AvgIpc) is 3.20. The van der Waals surface area contributed by atoms with Crippen LogP contribution in [0.3, 0.4) is 0 Å². The van der Waals surface area contributed by atoms with Crippen molar-refractivity contribution in [3.63, 3.8) is 0 Å². The van der Waals surface area contributed by atoms with Gasteiger partial charge in [0.1, 0.15) is 11.8 Å². The summed E-state index contributed by atoms with van der Waals surface area (Å²) in [5.74, 6) is -0.150. The Balaban J connectivity index is 1.31. The van der Waals surface area contributed by atoms with Crippen LogP contribution in [-0.2, 0) is 28.2 Å². The molecule has 0 aliphatic heterocycles. The molecule has 11 nitrogen and oxygen atoms in total. The lowest BCUT2D eigenvalue weighted by atomic mass is 9.77. The van der Waals surface area contributed by atoms with Crippen LogP contribution in [0.5, 0.6) is 5.75 Å². The van der Waals surface area contributed by atoms with Gasteiger partial charge >= 0.3 is 0 Å². The van der Waals surface area contributed by atoms with Crippen LogP contribution in [0, 0.1) is 10.1 Å². The average molecular weight is 716 g/mol. The van der Waals surface area contributed by atoms with Gasteiger partial charge in [0.25, 0.3) is 5.69 Å². The summed E-state index contributed by atoms with van der Waals surface area (Å²) in [6.07, 6.45) is 1.74. The van der Waals surface area contributed by atoms with E-state index >= 15 is 0 Å². The number of unbranched alkanes of at least 4 members (excludes halogenated alkanes) is 1. The van der Waals surface area contributed by atoms with Gasteiger partial charge in [-0.1, -0.05) is 97.1 Å². The van der Waals surface area contributed by atoms with Gasteiger partial charge in [-0.15, -0.1) is 0 Å². The molecule has 5 aromatic rings. The maximum absolute atomic E-state index is 13.6. The highest BCUT2D eigenvalue weighted by Crippen LogP contribution is 2.37. The number of carbonyl (C=O) groups is 2. The summed E-state index contributed by atoms with van der Waals surface area (Å²) in [5.41, 5.74) is 10.6. The number of rotatable bonds is 18. The van der Waals surface area contributed by atoms with Gasteiger partial charge in [-0.3, -0.25) is 25.0 Å². The number of non-ortho nitro benzene ring substituents is 1. The fourth-order valence-electron chi connectivity index (χ4n) is 6.34. The minimum absolute atomic E-state index is 0.0567. The van der Waals surface area contributed by atoms with E-state index in [9.17, 15) is 24.8 Å². The maximum atomic E-state index is 13.6.